The summed E-state index contributed by atoms with van der Waals surface area (Å²) in [5, 5.41) is 9.44. The second kappa shape index (κ2) is 6.81. The van der Waals surface area contributed by atoms with E-state index in [-0.39, 0.29) is 12.0 Å². The van der Waals surface area contributed by atoms with E-state index in [0.29, 0.717) is 0 Å². The molecule has 0 fully saturated rings. The largest absolute Gasteiger partial charge is 0.390 e. The van der Waals surface area contributed by atoms with Crippen molar-refractivity contribution in [2.75, 3.05) is 13.2 Å². The number of halogens is 5. The fourth-order valence-electron chi connectivity index (χ4n) is 1.37. The highest BCUT2D eigenvalue weighted by Gasteiger charge is 2.41. The SMILES string of the molecule is OC(COCC(F)(F)C(F)F)Cc1ccccc1F. The van der Waals surface area contributed by atoms with E-state index in [0.717, 1.165) is 0 Å². The van der Waals surface area contributed by atoms with Gasteiger partial charge in [0.25, 0.3) is 0 Å². The van der Waals surface area contributed by atoms with Crippen molar-refractivity contribution in [3.8, 4) is 0 Å². The molecule has 19 heavy (non-hydrogen) atoms. The van der Waals surface area contributed by atoms with Gasteiger partial charge in [0.05, 0.1) is 12.7 Å². The van der Waals surface area contributed by atoms with E-state index in [4.69, 9.17) is 0 Å². The zero-order valence-corrected chi connectivity index (χ0v) is 9.83. The summed E-state index contributed by atoms with van der Waals surface area (Å²) >= 11 is 0. The zero-order valence-electron chi connectivity index (χ0n) is 9.83. The summed E-state index contributed by atoms with van der Waals surface area (Å²) in [6.07, 6.45) is -5.21. The second-order valence-electron chi connectivity index (χ2n) is 4.03. The van der Waals surface area contributed by atoms with Crippen LogP contribution in [0.3, 0.4) is 0 Å². The second-order valence-corrected chi connectivity index (χ2v) is 4.03. The molecular formula is C12H13F5O2. The van der Waals surface area contributed by atoms with Gasteiger partial charge in [-0.25, -0.2) is 13.2 Å². The van der Waals surface area contributed by atoms with Gasteiger partial charge in [-0.1, -0.05) is 18.2 Å². The van der Waals surface area contributed by atoms with Gasteiger partial charge in [-0.05, 0) is 11.6 Å². The lowest BCUT2D eigenvalue weighted by Crippen LogP contribution is -2.34. The topological polar surface area (TPSA) is 29.5 Å². The third kappa shape index (κ3) is 5.12. The van der Waals surface area contributed by atoms with E-state index in [1.165, 1.54) is 18.2 Å². The molecule has 0 radical (unpaired) electrons. The summed E-state index contributed by atoms with van der Waals surface area (Å²) < 4.78 is 66.1. The van der Waals surface area contributed by atoms with Crippen LogP contribution in [-0.2, 0) is 11.2 Å². The van der Waals surface area contributed by atoms with Crippen LogP contribution < -0.4 is 0 Å². The minimum atomic E-state index is -4.25. The Kier molecular flexibility index (Phi) is 5.68. The average molecular weight is 284 g/mol. The van der Waals surface area contributed by atoms with Crippen molar-refractivity contribution in [3.05, 3.63) is 35.6 Å². The van der Waals surface area contributed by atoms with Gasteiger partial charge in [-0.2, -0.15) is 8.78 Å². The lowest BCUT2D eigenvalue weighted by atomic mass is 10.1. The van der Waals surface area contributed by atoms with Crippen molar-refractivity contribution in [1.29, 1.82) is 0 Å². The number of aliphatic hydroxyl groups is 1. The molecule has 0 aliphatic rings. The fourth-order valence-corrected chi connectivity index (χ4v) is 1.37. The molecule has 2 nitrogen and oxygen atoms in total. The van der Waals surface area contributed by atoms with Crippen LogP contribution in [0.15, 0.2) is 24.3 Å². The van der Waals surface area contributed by atoms with Crippen molar-refractivity contribution in [3.63, 3.8) is 0 Å². The molecule has 0 spiro atoms. The maximum absolute atomic E-state index is 13.2. The maximum Gasteiger partial charge on any atom is 0.330 e. The molecule has 108 valence electrons. The first-order chi connectivity index (χ1) is 8.83. The maximum atomic E-state index is 13.2. The number of hydrogen-bond donors (Lipinski definition) is 1. The summed E-state index contributed by atoms with van der Waals surface area (Å²) in [5.41, 5.74) is 0.194. The molecule has 0 aromatic heterocycles. The number of benzene rings is 1. The van der Waals surface area contributed by atoms with E-state index in [2.05, 4.69) is 4.74 Å². The molecule has 1 unspecified atom stereocenters. The Morgan fingerprint density at radius 1 is 1.21 bits per heavy atom. The van der Waals surface area contributed by atoms with Crippen LogP contribution in [0, 0.1) is 5.82 Å². The first kappa shape index (κ1) is 15.8. The van der Waals surface area contributed by atoms with Crippen LogP contribution in [0.25, 0.3) is 0 Å². The van der Waals surface area contributed by atoms with E-state index >= 15 is 0 Å². The van der Waals surface area contributed by atoms with Gasteiger partial charge in [0.1, 0.15) is 12.4 Å². The fraction of sp³-hybridized carbons (Fsp3) is 0.500. The summed E-state index contributed by atoms with van der Waals surface area (Å²) in [6, 6.07) is 5.63. The summed E-state index contributed by atoms with van der Waals surface area (Å²) in [4.78, 5) is 0. The van der Waals surface area contributed by atoms with Gasteiger partial charge in [0.2, 0.25) is 0 Å². The first-order valence-electron chi connectivity index (χ1n) is 5.48. The molecular weight excluding hydrogens is 271 g/mol. The van der Waals surface area contributed by atoms with Crippen LogP contribution in [0.5, 0.6) is 0 Å². The molecule has 1 aromatic rings. The Hall–Kier alpha value is -1.21. The molecule has 1 rings (SSSR count). The van der Waals surface area contributed by atoms with Crippen LogP contribution >= 0.6 is 0 Å². The molecule has 0 bridgehead atoms. The lowest BCUT2D eigenvalue weighted by Gasteiger charge is -2.17. The highest BCUT2D eigenvalue weighted by molar-refractivity contribution is 5.17. The highest BCUT2D eigenvalue weighted by Crippen LogP contribution is 2.23. The summed E-state index contributed by atoms with van der Waals surface area (Å²) in [6.45, 7) is -2.06. The van der Waals surface area contributed by atoms with Crippen LogP contribution in [-0.4, -0.2) is 36.8 Å². The van der Waals surface area contributed by atoms with Gasteiger partial charge < -0.3 is 9.84 Å². The van der Waals surface area contributed by atoms with Gasteiger partial charge in [-0.15, -0.1) is 0 Å². The average Bonchev–Trinajstić information content (AvgIpc) is 2.31. The third-order valence-corrected chi connectivity index (χ3v) is 2.34. The summed E-state index contributed by atoms with van der Waals surface area (Å²) in [7, 11) is 0. The molecule has 7 heteroatoms. The minimum Gasteiger partial charge on any atom is -0.390 e. The van der Waals surface area contributed by atoms with E-state index in [9.17, 15) is 27.1 Å². The van der Waals surface area contributed by atoms with Crippen molar-refractivity contribution in [2.45, 2.75) is 24.9 Å². The monoisotopic (exact) mass is 284 g/mol. The molecule has 0 saturated heterocycles. The number of alkyl halides is 4. The minimum absolute atomic E-state index is 0.146. The van der Waals surface area contributed by atoms with Gasteiger partial charge in [0.15, 0.2) is 0 Å². The standard InChI is InChI=1S/C12H13F5O2/c13-10-4-2-1-3-8(10)5-9(18)6-19-7-12(16,17)11(14)15/h1-4,9,11,18H,5-7H2. The number of hydrogen-bond acceptors (Lipinski definition) is 2. The number of aliphatic hydroxyl groups excluding tert-OH is 1. The Morgan fingerprint density at radius 2 is 1.84 bits per heavy atom. The van der Waals surface area contributed by atoms with Crippen molar-refractivity contribution in [2.24, 2.45) is 0 Å². The molecule has 0 aliphatic carbocycles. The predicted octanol–water partition coefficient (Wildman–Crippen LogP) is 2.65. The van der Waals surface area contributed by atoms with Gasteiger partial charge in [-0.3, -0.25) is 0 Å². The third-order valence-electron chi connectivity index (χ3n) is 2.34. The molecule has 1 N–H and O–H groups in total. The number of ether oxygens (including phenoxy) is 1. The zero-order chi connectivity index (χ0) is 14.5. The van der Waals surface area contributed by atoms with Crippen molar-refractivity contribution < 1.29 is 31.8 Å². The van der Waals surface area contributed by atoms with E-state index in [1.54, 1.807) is 6.07 Å². The highest BCUT2D eigenvalue weighted by atomic mass is 19.3. The first-order valence-corrected chi connectivity index (χ1v) is 5.48. The Bertz CT molecular complexity index is 397. The van der Waals surface area contributed by atoms with Crippen molar-refractivity contribution in [1.82, 2.24) is 0 Å². The smallest absolute Gasteiger partial charge is 0.330 e. The normalized spacial score (nSPS) is 13.8. The van der Waals surface area contributed by atoms with Crippen LogP contribution in [0.1, 0.15) is 5.56 Å². The van der Waals surface area contributed by atoms with E-state index < -0.39 is 37.5 Å². The van der Waals surface area contributed by atoms with E-state index in [1.807, 2.05) is 0 Å². The molecule has 0 heterocycles. The molecule has 0 amide bonds. The van der Waals surface area contributed by atoms with Gasteiger partial charge in [0, 0.05) is 6.42 Å². The quantitative estimate of drug-likeness (QED) is 0.780. The molecule has 0 saturated carbocycles. The molecule has 1 atom stereocenters. The van der Waals surface area contributed by atoms with Crippen LogP contribution in [0.4, 0.5) is 22.0 Å². The van der Waals surface area contributed by atoms with Gasteiger partial charge >= 0.3 is 12.3 Å². The molecule has 0 aliphatic heterocycles. The van der Waals surface area contributed by atoms with Crippen LogP contribution in [0.2, 0.25) is 0 Å². The Morgan fingerprint density at radius 3 is 2.42 bits per heavy atom. The van der Waals surface area contributed by atoms with Crippen molar-refractivity contribution >= 4 is 0 Å². The molecule has 1 aromatic carbocycles. The number of rotatable bonds is 7. The Balaban J connectivity index is 2.37. The predicted molar refractivity (Wildman–Crippen MR) is 57.9 cm³/mol. The lowest BCUT2D eigenvalue weighted by molar-refractivity contribution is -0.170. The Labute approximate surface area is 106 Å². The summed E-state index contributed by atoms with van der Waals surface area (Å²) in [5.74, 6) is -4.79.